The number of allylic oxidation sites excluding steroid dienone is 1. The highest BCUT2D eigenvalue weighted by Crippen LogP contribution is 2.37. The Kier molecular flexibility index (Phi) is 6.19. The summed E-state index contributed by atoms with van der Waals surface area (Å²) in [7, 11) is -2.38. The summed E-state index contributed by atoms with van der Waals surface area (Å²) in [4.78, 5) is 0. The first-order valence-electron chi connectivity index (χ1n) is 8.79. The molecule has 0 saturated carbocycles. The molecule has 2 aromatic rings. The standard InChI is InChI=1S/C22H30OSi/c1-6-13-19(2)18-23-24(22(3,4)5,20-14-9-7-10-15-20)21-16-11-8-12-17-21/h6-17,19H,18H2,1-5H3/b13-6+. The van der Waals surface area contributed by atoms with Gasteiger partial charge in [-0.2, -0.15) is 0 Å². The van der Waals surface area contributed by atoms with Gasteiger partial charge in [-0.1, -0.05) is 101 Å². The molecule has 0 aliphatic heterocycles. The fourth-order valence-electron chi connectivity index (χ4n) is 3.40. The molecule has 1 unspecified atom stereocenters. The Balaban J connectivity index is 2.57. The molecule has 0 fully saturated rings. The fourth-order valence-corrected chi connectivity index (χ4v) is 8.07. The van der Waals surface area contributed by atoms with Crippen molar-refractivity contribution in [2.45, 2.75) is 39.7 Å². The molecule has 0 amide bonds. The second kappa shape index (κ2) is 7.95. The van der Waals surface area contributed by atoms with E-state index < -0.39 is 8.32 Å². The molecule has 0 aromatic heterocycles. The molecule has 2 rings (SSSR count). The molecule has 1 atom stereocenters. The zero-order valence-electron chi connectivity index (χ0n) is 15.6. The van der Waals surface area contributed by atoms with Crippen LogP contribution in [0.15, 0.2) is 72.8 Å². The number of benzene rings is 2. The molecule has 24 heavy (non-hydrogen) atoms. The predicted molar refractivity (Wildman–Crippen MR) is 108 cm³/mol. The summed E-state index contributed by atoms with van der Waals surface area (Å²) in [5.74, 6) is 0.414. The van der Waals surface area contributed by atoms with Crippen molar-refractivity contribution < 1.29 is 4.43 Å². The van der Waals surface area contributed by atoms with Crippen molar-refractivity contribution in [2.75, 3.05) is 6.61 Å². The number of hydrogen-bond acceptors (Lipinski definition) is 1. The minimum absolute atomic E-state index is 0.0470. The van der Waals surface area contributed by atoms with Crippen molar-refractivity contribution in [3.8, 4) is 0 Å². The van der Waals surface area contributed by atoms with Gasteiger partial charge in [0.25, 0.3) is 8.32 Å². The van der Waals surface area contributed by atoms with Crippen LogP contribution in [0.5, 0.6) is 0 Å². The lowest BCUT2D eigenvalue weighted by Crippen LogP contribution is -2.66. The Hall–Kier alpha value is -1.64. The summed E-state index contributed by atoms with van der Waals surface area (Å²) < 4.78 is 6.87. The van der Waals surface area contributed by atoms with Crippen LogP contribution >= 0.6 is 0 Å². The van der Waals surface area contributed by atoms with Crippen LogP contribution in [0, 0.1) is 5.92 Å². The van der Waals surface area contributed by atoms with E-state index in [2.05, 4.69) is 107 Å². The Bertz CT molecular complexity index is 601. The SMILES string of the molecule is C/C=C/C(C)CO[Si](c1ccccc1)(c1ccccc1)C(C)(C)C. The van der Waals surface area contributed by atoms with Crippen LogP contribution in [0.4, 0.5) is 0 Å². The van der Waals surface area contributed by atoms with Crippen molar-refractivity contribution in [1.82, 2.24) is 0 Å². The van der Waals surface area contributed by atoms with Crippen LogP contribution in [-0.2, 0) is 4.43 Å². The number of hydrogen-bond donors (Lipinski definition) is 0. The van der Waals surface area contributed by atoms with E-state index in [9.17, 15) is 0 Å². The maximum atomic E-state index is 6.87. The summed E-state index contributed by atoms with van der Waals surface area (Å²) in [6.07, 6.45) is 4.33. The van der Waals surface area contributed by atoms with Crippen molar-refractivity contribution >= 4 is 18.7 Å². The minimum Gasteiger partial charge on any atom is -0.407 e. The predicted octanol–water partition coefficient (Wildman–Crippen LogP) is 4.78. The van der Waals surface area contributed by atoms with Crippen LogP contribution in [0.1, 0.15) is 34.6 Å². The molecule has 2 heteroatoms. The second-order valence-corrected chi connectivity index (χ2v) is 11.8. The zero-order chi connectivity index (χ0) is 17.6. The molecule has 2 aromatic carbocycles. The van der Waals surface area contributed by atoms with E-state index in [0.29, 0.717) is 5.92 Å². The highest BCUT2D eigenvalue weighted by molar-refractivity contribution is 6.99. The van der Waals surface area contributed by atoms with Gasteiger partial charge >= 0.3 is 0 Å². The third-order valence-corrected chi connectivity index (χ3v) is 9.51. The normalized spacial score (nSPS) is 14.0. The average molecular weight is 339 g/mol. The molecule has 0 bridgehead atoms. The van der Waals surface area contributed by atoms with Gasteiger partial charge in [-0.3, -0.25) is 0 Å². The Morgan fingerprint density at radius 2 is 1.38 bits per heavy atom. The van der Waals surface area contributed by atoms with Gasteiger partial charge in [0.15, 0.2) is 0 Å². The first kappa shape index (κ1) is 18.7. The third-order valence-electron chi connectivity index (χ3n) is 4.50. The Morgan fingerprint density at radius 3 is 1.75 bits per heavy atom. The summed E-state index contributed by atoms with van der Waals surface area (Å²) in [5.41, 5.74) is 0. The van der Waals surface area contributed by atoms with Gasteiger partial charge in [0.05, 0.1) is 0 Å². The molecule has 0 saturated heterocycles. The molecule has 0 heterocycles. The molecule has 0 aliphatic carbocycles. The van der Waals surface area contributed by atoms with Gasteiger partial charge in [0, 0.05) is 6.61 Å². The lowest BCUT2D eigenvalue weighted by molar-refractivity contribution is 0.268. The van der Waals surface area contributed by atoms with E-state index in [1.807, 2.05) is 0 Å². The Morgan fingerprint density at radius 1 is 0.917 bits per heavy atom. The summed E-state index contributed by atoms with van der Waals surface area (Å²) in [6.45, 7) is 12.0. The summed E-state index contributed by atoms with van der Waals surface area (Å²) >= 11 is 0. The molecule has 1 nitrogen and oxygen atoms in total. The molecule has 128 valence electrons. The lowest BCUT2D eigenvalue weighted by atomic mass is 10.2. The average Bonchev–Trinajstić information content (AvgIpc) is 2.56. The van der Waals surface area contributed by atoms with Crippen LogP contribution < -0.4 is 10.4 Å². The second-order valence-electron chi connectivity index (χ2n) is 7.48. The molecule has 0 radical (unpaired) electrons. The van der Waals surface area contributed by atoms with Gasteiger partial charge in [-0.05, 0) is 28.3 Å². The molecular formula is C22H30OSi. The molecule has 0 N–H and O–H groups in total. The van der Waals surface area contributed by atoms with E-state index >= 15 is 0 Å². The summed E-state index contributed by atoms with van der Waals surface area (Å²) in [6, 6.07) is 21.6. The van der Waals surface area contributed by atoms with Crippen LogP contribution in [-0.4, -0.2) is 14.9 Å². The third kappa shape index (κ3) is 3.88. The number of rotatable bonds is 6. The molecule has 0 aliphatic rings. The van der Waals surface area contributed by atoms with Crippen molar-refractivity contribution in [1.29, 1.82) is 0 Å². The van der Waals surface area contributed by atoms with Gasteiger partial charge in [-0.25, -0.2) is 0 Å². The van der Waals surface area contributed by atoms with Gasteiger partial charge < -0.3 is 4.43 Å². The van der Waals surface area contributed by atoms with E-state index in [-0.39, 0.29) is 5.04 Å². The molecule has 0 spiro atoms. The highest BCUT2D eigenvalue weighted by Gasteiger charge is 2.50. The zero-order valence-corrected chi connectivity index (χ0v) is 16.6. The maximum absolute atomic E-state index is 6.87. The largest absolute Gasteiger partial charge is 0.407 e. The van der Waals surface area contributed by atoms with Gasteiger partial charge in [0.1, 0.15) is 0 Å². The minimum atomic E-state index is -2.38. The van der Waals surface area contributed by atoms with Gasteiger partial charge in [-0.15, -0.1) is 0 Å². The fraction of sp³-hybridized carbons (Fsp3) is 0.364. The lowest BCUT2D eigenvalue weighted by Gasteiger charge is -2.43. The van der Waals surface area contributed by atoms with Crippen molar-refractivity contribution in [3.63, 3.8) is 0 Å². The summed E-state index contributed by atoms with van der Waals surface area (Å²) in [5, 5.41) is 2.73. The quantitative estimate of drug-likeness (QED) is 0.544. The maximum Gasteiger partial charge on any atom is 0.261 e. The highest BCUT2D eigenvalue weighted by atomic mass is 28.4. The smallest absolute Gasteiger partial charge is 0.261 e. The first-order valence-corrected chi connectivity index (χ1v) is 10.7. The molecular weight excluding hydrogens is 308 g/mol. The van der Waals surface area contributed by atoms with Crippen LogP contribution in [0.2, 0.25) is 5.04 Å². The van der Waals surface area contributed by atoms with E-state index in [0.717, 1.165) is 6.61 Å². The van der Waals surface area contributed by atoms with Gasteiger partial charge in [0.2, 0.25) is 0 Å². The van der Waals surface area contributed by atoms with Crippen molar-refractivity contribution in [3.05, 3.63) is 72.8 Å². The van der Waals surface area contributed by atoms with Crippen LogP contribution in [0.25, 0.3) is 0 Å². The van der Waals surface area contributed by atoms with Crippen molar-refractivity contribution in [2.24, 2.45) is 5.92 Å². The monoisotopic (exact) mass is 338 g/mol. The Labute approximate surface area is 148 Å². The van der Waals surface area contributed by atoms with E-state index in [4.69, 9.17) is 4.43 Å². The topological polar surface area (TPSA) is 9.23 Å². The van der Waals surface area contributed by atoms with E-state index in [1.54, 1.807) is 0 Å². The first-order chi connectivity index (χ1) is 11.4. The van der Waals surface area contributed by atoms with E-state index in [1.165, 1.54) is 10.4 Å². The van der Waals surface area contributed by atoms with Crippen LogP contribution in [0.3, 0.4) is 0 Å².